The maximum absolute atomic E-state index is 12.2. The van der Waals surface area contributed by atoms with Crippen LogP contribution >= 0.6 is 0 Å². The van der Waals surface area contributed by atoms with E-state index in [1.54, 1.807) is 7.11 Å². The Morgan fingerprint density at radius 2 is 1.76 bits per heavy atom. The van der Waals surface area contributed by atoms with E-state index in [2.05, 4.69) is 10.6 Å². The smallest absolute Gasteiger partial charge is 0.239 e. The van der Waals surface area contributed by atoms with Crippen LogP contribution in [0, 0.1) is 5.92 Å². The van der Waals surface area contributed by atoms with Gasteiger partial charge in [-0.2, -0.15) is 0 Å². The van der Waals surface area contributed by atoms with Gasteiger partial charge in [0.2, 0.25) is 11.8 Å². The van der Waals surface area contributed by atoms with E-state index in [9.17, 15) is 9.59 Å². The highest BCUT2D eigenvalue weighted by Gasteiger charge is 2.43. The van der Waals surface area contributed by atoms with Crippen molar-refractivity contribution in [2.45, 2.75) is 18.9 Å². The second kappa shape index (κ2) is 7.83. The van der Waals surface area contributed by atoms with Crippen LogP contribution in [0.1, 0.15) is 23.5 Å². The zero-order valence-electron chi connectivity index (χ0n) is 14.2. The van der Waals surface area contributed by atoms with Crippen LogP contribution in [0.25, 0.3) is 0 Å². The van der Waals surface area contributed by atoms with Crippen molar-refractivity contribution < 1.29 is 14.3 Å². The molecule has 2 amide bonds. The fourth-order valence-corrected chi connectivity index (χ4v) is 2.86. The molecule has 25 heavy (non-hydrogen) atoms. The molecule has 0 heterocycles. The maximum Gasteiger partial charge on any atom is 0.239 e. The Hall–Kier alpha value is -2.82. The summed E-state index contributed by atoms with van der Waals surface area (Å²) in [5.74, 6) is 0.753. The molecule has 0 unspecified atom stereocenters. The lowest BCUT2D eigenvalue weighted by molar-refractivity contribution is -0.126. The third-order valence-corrected chi connectivity index (χ3v) is 4.43. The number of methoxy groups -OCH3 is 1. The molecular weight excluding hydrogens is 316 g/mol. The molecule has 0 spiro atoms. The molecule has 1 fully saturated rings. The van der Waals surface area contributed by atoms with Crippen LogP contribution < -0.4 is 15.4 Å². The largest absolute Gasteiger partial charge is 0.497 e. The Labute approximate surface area is 147 Å². The Morgan fingerprint density at radius 1 is 1.04 bits per heavy atom. The lowest BCUT2D eigenvalue weighted by Gasteiger charge is -2.07. The molecule has 1 aliphatic carbocycles. The van der Waals surface area contributed by atoms with Crippen LogP contribution in [-0.4, -0.2) is 25.5 Å². The lowest BCUT2D eigenvalue weighted by atomic mass is 10.1. The van der Waals surface area contributed by atoms with Gasteiger partial charge in [0, 0.05) is 12.5 Å². The van der Waals surface area contributed by atoms with E-state index in [4.69, 9.17) is 4.74 Å². The molecule has 2 aromatic carbocycles. The third-order valence-electron chi connectivity index (χ3n) is 4.43. The molecule has 130 valence electrons. The molecule has 5 nitrogen and oxygen atoms in total. The highest BCUT2D eigenvalue weighted by atomic mass is 16.5. The molecule has 2 N–H and O–H groups in total. The fourth-order valence-electron chi connectivity index (χ4n) is 2.86. The summed E-state index contributed by atoms with van der Waals surface area (Å²) in [6.07, 6.45) is 0.823. The predicted molar refractivity (Wildman–Crippen MR) is 95.1 cm³/mol. The first-order valence-electron chi connectivity index (χ1n) is 8.39. The summed E-state index contributed by atoms with van der Waals surface area (Å²) < 4.78 is 5.14. The van der Waals surface area contributed by atoms with Crippen molar-refractivity contribution in [3.05, 3.63) is 65.7 Å². The number of nitrogens with one attached hydrogen (secondary N) is 2. The number of carbonyl (C=O) groups is 2. The Morgan fingerprint density at radius 3 is 2.44 bits per heavy atom. The highest BCUT2D eigenvalue weighted by molar-refractivity contribution is 5.87. The molecule has 0 bridgehead atoms. The van der Waals surface area contributed by atoms with Crippen molar-refractivity contribution in [1.29, 1.82) is 0 Å². The number of ether oxygens (including phenoxy) is 1. The zero-order valence-corrected chi connectivity index (χ0v) is 14.2. The third kappa shape index (κ3) is 4.59. The number of hydrogen-bond donors (Lipinski definition) is 2. The van der Waals surface area contributed by atoms with Gasteiger partial charge in [0.25, 0.3) is 0 Å². The number of amides is 2. The molecule has 0 saturated heterocycles. The summed E-state index contributed by atoms with van der Waals surface area (Å²) >= 11 is 0. The minimum Gasteiger partial charge on any atom is -0.497 e. The first kappa shape index (κ1) is 17.0. The molecule has 2 atom stereocenters. The minimum absolute atomic E-state index is 0.0114. The van der Waals surface area contributed by atoms with Crippen LogP contribution in [0.5, 0.6) is 5.75 Å². The van der Waals surface area contributed by atoms with Crippen molar-refractivity contribution in [3.8, 4) is 5.75 Å². The van der Waals surface area contributed by atoms with Gasteiger partial charge in [-0.15, -0.1) is 0 Å². The summed E-state index contributed by atoms with van der Waals surface area (Å²) in [6, 6.07) is 17.5. The molecule has 3 rings (SSSR count). The van der Waals surface area contributed by atoms with Gasteiger partial charge in [0.15, 0.2) is 0 Å². The molecular formula is C20H22N2O3. The van der Waals surface area contributed by atoms with E-state index >= 15 is 0 Å². The van der Waals surface area contributed by atoms with Crippen molar-refractivity contribution >= 4 is 11.8 Å². The summed E-state index contributed by atoms with van der Waals surface area (Å²) in [5, 5.41) is 5.53. The second-order valence-corrected chi connectivity index (χ2v) is 6.20. The summed E-state index contributed by atoms with van der Waals surface area (Å²) in [4.78, 5) is 24.0. The molecule has 0 aliphatic heterocycles. The van der Waals surface area contributed by atoms with Crippen LogP contribution in [0.4, 0.5) is 0 Å². The van der Waals surface area contributed by atoms with Gasteiger partial charge in [-0.3, -0.25) is 9.59 Å². The fraction of sp³-hybridized carbons (Fsp3) is 0.300. The van der Waals surface area contributed by atoms with Gasteiger partial charge in [-0.1, -0.05) is 42.5 Å². The van der Waals surface area contributed by atoms with Crippen LogP contribution in [0.15, 0.2) is 54.6 Å². The van der Waals surface area contributed by atoms with Gasteiger partial charge >= 0.3 is 0 Å². The van der Waals surface area contributed by atoms with E-state index < -0.39 is 0 Å². The number of benzene rings is 2. The molecule has 1 saturated carbocycles. The summed E-state index contributed by atoms with van der Waals surface area (Å²) in [7, 11) is 1.63. The highest BCUT2D eigenvalue weighted by Crippen LogP contribution is 2.47. The van der Waals surface area contributed by atoms with Gasteiger partial charge in [0.05, 0.1) is 13.7 Å². The number of hydrogen-bond acceptors (Lipinski definition) is 3. The van der Waals surface area contributed by atoms with Crippen LogP contribution in [0.2, 0.25) is 0 Å². The van der Waals surface area contributed by atoms with E-state index in [-0.39, 0.29) is 30.2 Å². The monoisotopic (exact) mass is 338 g/mol. The van der Waals surface area contributed by atoms with E-state index in [1.165, 1.54) is 0 Å². The molecule has 5 heteroatoms. The quantitative estimate of drug-likeness (QED) is 0.813. The van der Waals surface area contributed by atoms with Gasteiger partial charge in [-0.25, -0.2) is 0 Å². The average Bonchev–Trinajstić information content (AvgIpc) is 3.46. The van der Waals surface area contributed by atoms with Gasteiger partial charge in [0.1, 0.15) is 5.75 Å². The van der Waals surface area contributed by atoms with Crippen molar-refractivity contribution in [2.75, 3.05) is 13.7 Å². The normalized spacial score (nSPS) is 18.3. The van der Waals surface area contributed by atoms with Gasteiger partial charge < -0.3 is 15.4 Å². The standard InChI is InChI=1S/C20H22N2O3/c1-25-16-9-7-15(8-10-16)17-11-18(17)20(24)22-13-19(23)21-12-14-5-3-2-4-6-14/h2-10,17-18H,11-13H2,1H3,(H,21,23)(H,22,24)/t17-,18+/m0/s1. The summed E-state index contributed by atoms with van der Waals surface area (Å²) in [6.45, 7) is 0.477. The van der Waals surface area contributed by atoms with Crippen LogP contribution in [-0.2, 0) is 16.1 Å². The maximum atomic E-state index is 12.2. The molecule has 0 radical (unpaired) electrons. The Balaban J connectivity index is 1.40. The SMILES string of the molecule is COc1ccc([C@@H]2C[C@H]2C(=O)NCC(=O)NCc2ccccc2)cc1. The second-order valence-electron chi connectivity index (χ2n) is 6.20. The molecule has 2 aromatic rings. The zero-order chi connectivity index (χ0) is 17.6. The topological polar surface area (TPSA) is 67.4 Å². The number of carbonyl (C=O) groups excluding carboxylic acids is 2. The first-order valence-corrected chi connectivity index (χ1v) is 8.39. The first-order chi connectivity index (χ1) is 12.2. The Bertz CT molecular complexity index is 728. The van der Waals surface area contributed by atoms with Crippen LogP contribution in [0.3, 0.4) is 0 Å². The molecule has 0 aromatic heterocycles. The molecule has 1 aliphatic rings. The minimum atomic E-state index is -0.182. The van der Waals surface area contributed by atoms with E-state index in [1.807, 2.05) is 54.6 Å². The van der Waals surface area contributed by atoms with Crippen molar-refractivity contribution in [1.82, 2.24) is 10.6 Å². The van der Waals surface area contributed by atoms with Gasteiger partial charge in [-0.05, 0) is 35.6 Å². The average molecular weight is 338 g/mol. The Kier molecular flexibility index (Phi) is 5.33. The van der Waals surface area contributed by atoms with Crippen molar-refractivity contribution in [2.24, 2.45) is 5.92 Å². The predicted octanol–water partition coefficient (Wildman–Crippen LogP) is 2.23. The number of rotatable bonds is 7. The lowest BCUT2D eigenvalue weighted by Crippen LogP contribution is -2.37. The van der Waals surface area contributed by atoms with Crippen molar-refractivity contribution in [3.63, 3.8) is 0 Å². The summed E-state index contributed by atoms with van der Waals surface area (Å²) in [5.41, 5.74) is 2.17. The van der Waals surface area contributed by atoms with E-state index in [0.717, 1.165) is 23.3 Å². The van der Waals surface area contributed by atoms with E-state index in [0.29, 0.717) is 6.54 Å².